The Balaban J connectivity index is 1.56. The largest absolute Gasteiger partial charge is 0.383 e. The van der Waals surface area contributed by atoms with Gasteiger partial charge < -0.3 is 19.4 Å². The van der Waals surface area contributed by atoms with Crippen molar-refractivity contribution in [2.24, 2.45) is 0 Å². The second kappa shape index (κ2) is 10.2. The van der Waals surface area contributed by atoms with Gasteiger partial charge in [0.2, 0.25) is 5.95 Å². The summed E-state index contributed by atoms with van der Waals surface area (Å²) < 4.78 is 5.20. The van der Waals surface area contributed by atoms with E-state index < -0.39 is 5.91 Å². The number of likely N-dealkylation sites (N-methyl/N-ethyl adjacent to an activating group) is 1. The molecular weight excluding hydrogens is 440 g/mol. The van der Waals surface area contributed by atoms with Crippen molar-refractivity contribution >= 4 is 46.4 Å². The molecule has 2 fully saturated rings. The van der Waals surface area contributed by atoms with E-state index in [4.69, 9.17) is 14.7 Å². The first-order valence-electron chi connectivity index (χ1n) is 10.8. The number of rotatable bonds is 7. The molecule has 2 saturated heterocycles. The molecule has 2 aliphatic rings. The van der Waals surface area contributed by atoms with E-state index in [-0.39, 0.29) is 5.24 Å². The number of imide groups is 1. The first-order chi connectivity index (χ1) is 15.9. The Bertz CT molecular complexity index is 1050. The van der Waals surface area contributed by atoms with Crippen LogP contribution in [0, 0.1) is 6.92 Å². The predicted molar refractivity (Wildman–Crippen MR) is 132 cm³/mol. The van der Waals surface area contributed by atoms with Crippen LogP contribution in [0.5, 0.6) is 0 Å². The zero-order valence-corrected chi connectivity index (χ0v) is 19.9. The number of piperazine rings is 1. The van der Waals surface area contributed by atoms with E-state index in [9.17, 15) is 9.59 Å². The maximum atomic E-state index is 12.0. The number of methoxy groups -OCH3 is 1. The molecule has 0 aliphatic carbocycles. The van der Waals surface area contributed by atoms with Crippen LogP contribution in [0.15, 0.2) is 35.2 Å². The molecular formula is C23H28N6O3S. The summed E-state index contributed by atoms with van der Waals surface area (Å²) in [5.41, 5.74) is 3.05. The third-order valence-electron chi connectivity index (χ3n) is 5.63. The van der Waals surface area contributed by atoms with Crippen molar-refractivity contribution in [3.63, 3.8) is 0 Å². The van der Waals surface area contributed by atoms with E-state index in [2.05, 4.69) is 46.3 Å². The lowest BCUT2D eigenvalue weighted by Gasteiger charge is -2.36. The minimum Gasteiger partial charge on any atom is -0.383 e. The smallest absolute Gasteiger partial charge is 0.290 e. The van der Waals surface area contributed by atoms with Gasteiger partial charge in [0, 0.05) is 58.6 Å². The number of ether oxygens (including phenoxy) is 1. The average molecular weight is 469 g/mol. The third kappa shape index (κ3) is 5.63. The van der Waals surface area contributed by atoms with Gasteiger partial charge in [0.25, 0.3) is 11.1 Å². The van der Waals surface area contributed by atoms with Crippen LogP contribution < -0.4 is 20.0 Å². The lowest BCUT2D eigenvalue weighted by molar-refractivity contribution is -0.115. The molecule has 10 heteroatoms. The number of anilines is 3. The van der Waals surface area contributed by atoms with Gasteiger partial charge in [-0.05, 0) is 36.9 Å². The maximum Gasteiger partial charge on any atom is 0.290 e. The number of nitrogens with one attached hydrogen (secondary N) is 1. The highest BCUT2D eigenvalue weighted by molar-refractivity contribution is 8.18. The summed E-state index contributed by atoms with van der Waals surface area (Å²) in [6, 6.07) is 10.4. The van der Waals surface area contributed by atoms with Gasteiger partial charge in [0.05, 0.1) is 17.2 Å². The summed E-state index contributed by atoms with van der Waals surface area (Å²) >= 11 is 0.884. The minimum atomic E-state index is -0.397. The number of carbonyl (C=O) groups is 2. The molecule has 1 N–H and O–H groups in total. The zero-order chi connectivity index (χ0) is 23.4. The van der Waals surface area contributed by atoms with E-state index >= 15 is 0 Å². The Labute approximate surface area is 197 Å². The standard InChI is InChI=1S/C23H28N6O3S/c1-16-4-6-18(7-5-16)28-8-10-29(11-9-28)22-24-17(14-19-21(30)26-23(31)33-19)15-20(25-22)27(2)12-13-32-3/h4-7,14-15H,8-13H2,1-3H3,(H,26,30,31)/b19-14-. The molecule has 0 saturated carbocycles. The van der Waals surface area contributed by atoms with Crippen LogP contribution in [0.1, 0.15) is 11.3 Å². The Morgan fingerprint density at radius 1 is 1.12 bits per heavy atom. The van der Waals surface area contributed by atoms with Crippen LogP contribution in [0.25, 0.3) is 6.08 Å². The molecule has 0 bridgehead atoms. The van der Waals surface area contributed by atoms with Crippen LogP contribution in [0.4, 0.5) is 22.2 Å². The van der Waals surface area contributed by atoms with Crippen molar-refractivity contribution in [2.75, 3.05) is 68.2 Å². The number of hydrogen-bond donors (Lipinski definition) is 1. The molecule has 9 nitrogen and oxygen atoms in total. The molecule has 2 amide bonds. The monoisotopic (exact) mass is 468 g/mol. The number of thioether (sulfide) groups is 1. The highest BCUT2D eigenvalue weighted by atomic mass is 32.2. The Morgan fingerprint density at radius 3 is 2.45 bits per heavy atom. The van der Waals surface area contributed by atoms with Crippen LogP contribution in [0.3, 0.4) is 0 Å². The first kappa shape index (κ1) is 23.1. The molecule has 3 heterocycles. The quantitative estimate of drug-likeness (QED) is 0.616. The third-order valence-corrected chi connectivity index (χ3v) is 6.44. The number of aromatic nitrogens is 2. The topological polar surface area (TPSA) is 90.9 Å². The summed E-state index contributed by atoms with van der Waals surface area (Å²) in [5.74, 6) is 0.952. The molecule has 1 aromatic carbocycles. The predicted octanol–water partition coefficient (Wildman–Crippen LogP) is 2.52. The van der Waals surface area contributed by atoms with E-state index in [0.717, 1.165) is 43.8 Å². The molecule has 0 spiro atoms. The van der Waals surface area contributed by atoms with Crippen molar-refractivity contribution in [3.05, 3.63) is 46.5 Å². The maximum absolute atomic E-state index is 12.0. The van der Waals surface area contributed by atoms with Gasteiger partial charge in [0.1, 0.15) is 5.82 Å². The fourth-order valence-corrected chi connectivity index (χ4v) is 4.34. The molecule has 4 rings (SSSR count). The molecule has 174 valence electrons. The van der Waals surface area contributed by atoms with Crippen molar-refractivity contribution in [3.8, 4) is 0 Å². The van der Waals surface area contributed by atoms with Gasteiger partial charge in [-0.15, -0.1) is 0 Å². The minimum absolute atomic E-state index is 0.333. The van der Waals surface area contributed by atoms with Crippen molar-refractivity contribution < 1.29 is 14.3 Å². The number of carbonyl (C=O) groups excluding carboxylic acids is 2. The summed E-state index contributed by atoms with van der Waals surface area (Å²) in [5, 5.41) is 1.91. The fourth-order valence-electron chi connectivity index (χ4n) is 3.67. The second-order valence-corrected chi connectivity index (χ2v) is 9.04. The molecule has 2 aliphatic heterocycles. The lowest BCUT2D eigenvalue weighted by Crippen LogP contribution is -2.47. The number of hydrogen-bond acceptors (Lipinski definition) is 9. The number of aryl methyl sites for hydroxylation is 1. The lowest BCUT2D eigenvalue weighted by atomic mass is 10.2. The zero-order valence-electron chi connectivity index (χ0n) is 19.1. The van der Waals surface area contributed by atoms with Gasteiger partial charge in [0.15, 0.2) is 0 Å². The SMILES string of the molecule is COCCN(C)c1cc(/C=C2\SC(=O)NC2=O)nc(N2CCN(c3ccc(C)cc3)CC2)n1. The van der Waals surface area contributed by atoms with E-state index in [1.54, 1.807) is 13.2 Å². The Kier molecular flexibility index (Phi) is 7.14. The normalized spacial score (nSPS) is 17.6. The van der Waals surface area contributed by atoms with E-state index in [1.165, 1.54) is 11.3 Å². The van der Waals surface area contributed by atoms with Crippen molar-refractivity contribution in [2.45, 2.75) is 6.92 Å². The van der Waals surface area contributed by atoms with Crippen LogP contribution in [-0.2, 0) is 9.53 Å². The molecule has 0 radical (unpaired) electrons. The summed E-state index contributed by atoms with van der Waals surface area (Å²) in [4.78, 5) is 39.9. The fraction of sp³-hybridized carbons (Fsp3) is 0.391. The summed E-state index contributed by atoms with van der Waals surface area (Å²) in [7, 11) is 3.60. The highest BCUT2D eigenvalue weighted by Crippen LogP contribution is 2.27. The van der Waals surface area contributed by atoms with Crippen molar-refractivity contribution in [1.82, 2.24) is 15.3 Å². The van der Waals surface area contributed by atoms with Gasteiger partial charge in [-0.1, -0.05) is 17.7 Å². The molecule has 2 aromatic rings. The first-order valence-corrected chi connectivity index (χ1v) is 11.6. The summed E-state index contributed by atoms with van der Waals surface area (Å²) in [6.07, 6.45) is 1.65. The van der Waals surface area contributed by atoms with Crippen LogP contribution in [0.2, 0.25) is 0 Å². The molecule has 0 atom stereocenters. The number of nitrogens with zero attached hydrogens (tertiary/aromatic N) is 5. The van der Waals surface area contributed by atoms with Crippen LogP contribution in [-0.4, -0.2) is 74.6 Å². The second-order valence-electron chi connectivity index (χ2n) is 8.03. The van der Waals surface area contributed by atoms with E-state index in [0.29, 0.717) is 29.7 Å². The highest BCUT2D eigenvalue weighted by Gasteiger charge is 2.26. The Morgan fingerprint density at radius 2 is 1.82 bits per heavy atom. The molecule has 33 heavy (non-hydrogen) atoms. The Hall–Kier alpha value is -3.11. The van der Waals surface area contributed by atoms with Gasteiger partial charge in [-0.2, -0.15) is 4.98 Å². The average Bonchev–Trinajstić information content (AvgIpc) is 3.14. The molecule has 1 aromatic heterocycles. The van der Waals surface area contributed by atoms with E-state index in [1.807, 2.05) is 18.0 Å². The van der Waals surface area contributed by atoms with Gasteiger partial charge in [-0.25, -0.2) is 4.98 Å². The van der Waals surface area contributed by atoms with Gasteiger partial charge >= 0.3 is 0 Å². The van der Waals surface area contributed by atoms with Crippen LogP contribution >= 0.6 is 11.8 Å². The molecule has 0 unspecified atom stereocenters. The van der Waals surface area contributed by atoms with Gasteiger partial charge in [-0.3, -0.25) is 14.9 Å². The van der Waals surface area contributed by atoms with Crippen molar-refractivity contribution in [1.29, 1.82) is 0 Å². The number of benzene rings is 1. The summed E-state index contributed by atoms with van der Waals surface area (Å²) in [6.45, 7) is 6.60. The number of amides is 2.